The second-order valence-corrected chi connectivity index (χ2v) is 19.9. The third kappa shape index (κ3) is 57.4. The lowest BCUT2D eigenvalue weighted by molar-refractivity contribution is -0.167. The molecule has 0 fully saturated rings. The summed E-state index contributed by atoms with van der Waals surface area (Å²) in [6.45, 7) is 6.40. The van der Waals surface area contributed by atoms with Crippen LogP contribution in [0.4, 0.5) is 0 Å². The Kier molecular flexibility index (Phi) is 56.3. The van der Waals surface area contributed by atoms with Crippen molar-refractivity contribution >= 4 is 17.9 Å². The van der Waals surface area contributed by atoms with Crippen LogP contribution in [0, 0.1) is 0 Å². The van der Waals surface area contributed by atoms with Gasteiger partial charge in [-0.25, -0.2) is 0 Å². The molecule has 408 valence electrons. The zero-order valence-corrected chi connectivity index (χ0v) is 46.7. The molecule has 0 spiro atoms. The molecule has 0 saturated heterocycles. The summed E-state index contributed by atoms with van der Waals surface area (Å²) >= 11 is 0. The van der Waals surface area contributed by atoms with Gasteiger partial charge in [0.15, 0.2) is 6.10 Å². The molecule has 0 heterocycles. The Balaban J connectivity index is 4.14. The van der Waals surface area contributed by atoms with Gasteiger partial charge in [-0.05, 0) is 89.9 Å². The summed E-state index contributed by atoms with van der Waals surface area (Å²) in [5.74, 6) is -0.892. The molecule has 0 N–H and O–H groups in total. The average molecular weight is 990 g/mol. The third-order valence-corrected chi connectivity index (χ3v) is 12.9. The molecule has 6 heteroatoms. The number of carbonyl (C=O) groups is 3. The first kappa shape index (κ1) is 67.6. The Labute approximate surface area is 439 Å². The lowest BCUT2D eigenvalue weighted by Crippen LogP contribution is -2.30. The van der Waals surface area contributed by atoms with Crippen molar-refractivity contribution < 1.29 is 28.6 Å². The minimum Gasteiger partial charge on any atom is -0.462 e. The third-order valence-electron chi connectivity index (χ3n) is 12.9. The molecule has 0 amide bonds. The molecule has 1 unspecified atom stereocenters. The van der Waals surface area contributed by atoms with Crippen LogP contribution in [0.5, 0.6) is 0 Å². The summed E-state index contributed by atoms with van der Waals surface area (Å²) in [5.41, 5.74) is 0. The molecule has 0 aromatic heterocycles. The van der Waals surface area contributed by atoms with Gasteiger partial charge in [-0.15, -0.1) is 0 Å². The van der Waals surface area contributed by atoms with E-state index in [0.29, 0.717) is 19.3 Å². The molecule has 0 aromatic carbocycles. The fourth-order valence-corrected chi connectivity index (χ4v) is 8.45. The van der Waals surface area contributed by atoms with Gasteiger partial charge in [0.05, 0.1) is 0 Å². The number of unbranched alkanes of at least 4 members (excludes halogenated alkanes) is 29. The normalized spacial score (nSPS) is 12.7. The number of hydrogen-bond acceptors (Lipinski definition) is 6. The van der Waals surface area contributed by atoms with Crippen molar-refractivity contribution in [1.82, 2.24) is 0 Å². The quantitative estimate of drug-likeness (QED) is 0.0261. The number of allylic oxidation sites excluding steroid dienone is 14. The molecule has 0 bridgehead atoms. The van der Waals surface area contributed by atoms with Crippen LogP contribution >= 0.6 is 0 Å². The Morgan fingerprint density at radius 2 is 0.549 bits per heavy atom. The second kappa shape index (κ2) is 59.2. The molecule has 0 saturated carbocycles. The van der Waals surface area contributed by atoms with E-state index in [0.717, 1.165) is 122 Å². The maximum Gasteiger partial charge on any atom is 0.306 e. The maximum atomic E-state index is 12.8. The number of ether oxygens (including phenoxy) is 3. The van der Waals surface area contributed by atoms with Crippen molar-refractivity contribution in [2.24, 2.45) is 0 Å². The second-order valence-electron chi connectivity index (χ2n) is 19.9. The standard InChI is InChI=1S/C65H112O6/c1-4-7-10-13-16-19-21-23-25-26-27-28-29-30-31-32-33-34-35-36-37-38-40-41-43-46-49-52-55-58-64(67)70-61-62(60-69-63(66)57-54-51-48-45-18-15-12-9-6-3)71-65(68)59-56-53-50-47-44-42-39-24-22-20-17-14-11-8-5-2/h7-8,10-11,16-17,19-20,23-25,27-28,39,62H,4-6,9,12-15,18,21-22,26,29-38,40-61H2,1-3H3/b10-7-,11-8-,19-16-,20-17-,25-23-,28-27-,39-24-. The van der Waals surface area contributed by atoms with Gasteiger partial charge in [-0.3, -0.25) is 14.4 Å². The molecule has 0 aliphatic rings. The minimum atomic E-state index is -0.782. The van der Waals surface area contributed by atoms with Gasteiger partial charge in [0.2, 0.25) is 0 Å². The van der Waals surface area contributed by atoms with Gasteiger partial charge in [0.1, 0.15) is 13.2 Å². The molecule has 6 nitrogen and oxygen atoms in total. The predicted molar refractivity (Wildman–Crippen MR) is 307 cm³/mol. The average Bonchev–Trinajstić information content (AvgIpc) is 3.37. The molecular formula is C65H112O6. The largest absolute Gasteiger partial charge is 0.462 e. The van der Waals surface area contributed by atoms with Gasteiger partial charge in [0, 0.05) is 19.3 Å². The first-order valence-corrected chi connectivity index (χ1v) is 30.1. The smallest absolute Gasteiger partial charge is 0.306 e. The van der Waals surface area contributed by atoms with Crippen molar-refractivity contribution in [3.05, 3.63) is 85.1 Å². The SMILES string of the molecule is CC/C=C\C/C=C\C/C=C\C/C=C\CCCCCCCCCCCCCCCCCCC(=O)OCC(COC(=O)CCCCCCCCCCC)OC(=O)CCCCCCC/C=C\C/C=C\C/C=C\CC. The Morgan fingerprint density at radius 3 is 0.859 bits per heavy atom. The predicted octanol–water partition coefficient (Wildman–Crippen LogP) is 20.3. The van der Waals surface area contributed by atoms with Crippen LogP contribution in [0.25, 0.3) is 0 Å². The van der Waals surface area contributed by atoms with Gasteiger partial charge in [-0.2, -0.15) is 0 Å². The number of esters is 3. The first-order chi connectivity index (χ1) is 35.0. The monoisotopic (exact) mass is 989 g/mol. The molecule has 0 radical (unpaired) electrons. The highest BCUT2D eigenvalue weighted by Gasteiger charge is 2.19. The zero-order chi connectivity index (χ0) is 51.4. The fourth-order valence-electron chi connectivity index (χ4n) is 8.45. The van der Waals surface area contributed by atoms with E-state index in [4.69, 9.17) is 14.2 Å². The van der Waals surface area contributed by atoms with Crippen LogP contribution in [0.3, 0.4) is 0 Å². The number of rotatable bonds is 54. The highest BCUT2D eigenvalue weighted by Crippen LogP contribution is 2.16. The summed E-state index contributed by atoms with van der Waals surface area (Å²) in [4.78, 5) is 38.1. The highest BCUT2D eigenvalue weighted by atomic mass is 16.6. The topological polar surface area (TPSA) is 78.9 Å². The molecule has 0 rings (SSSR count). The minimum absolute atomic E-state index is 0.0802. The van der Waals surface area contributed by atoms with Crippen LogP contribution in [0.2, 0.25) is 0 Å². The van der Waals surface area contributed by atoms with E-state index in [-0.39, 0.29) is 31.1 Å². The van der Waals surface area contributed by atoms with E-state index in [1.54, 1.807) is 0 Å². The van der Waals surface area contributed by atoms with Gasteiger partial charge >= 0.3 is 17.9 Å². The summed E-state index contributed by atoms with van der Waals surface area (Å²) in [7, 11) is 0. The zero-order valence-electron chi connectivity index (χ0n) is 46.7. The van der Waals surface area contributed by atoms with Gasteiger partial charge in [-0.1, -0.05) is 266 Å². The summed E-state index contributed by atoms with van der Waals surface area (Å²) in [5, 5.41) is 0. The van der Waals surface area contributed by atoms with Crippen LogP contribution in [0.1, 0.15) is 290 Å². The summed E-state index contributed by atoms with van der Waals surface area (Å²) in [6.07, 6.45) is 77.4. The van der Waals surface area contributed by atoms with E-state index >= 15 is 0 Å². The van der Waals surface area contributed by atoms with Crippen molar-refractivity contribution in [3.63, 3.8) is 0 Å². The van der Waals surface area contributed by atoms with E-state index in [9.17, 15) is 14.4 Å². The Morgan fingerprint density at radius 1 is 0.296 bits per heavy atom. The molecule has 0 aromatic rings. The van der Waals surface area contributed by atoms with Crippen molar-refractivity contribution in [2.45, 2.75) is 297 Å². The fraction of sp³-hybridized carbons (Fsp3) is 0.738. The van der Waals surface area contributed by atoms with Crippen molar-refractivity contribution in [3.8, 4) is 0 Å². The van der Waals surface area contributed by atoms with Crippen molar-refractivity contribution in [2.75, 3.05) is 13.2 Å². The van der Waals surface area contributed by atoms with E-state index in [1.807, 2.05) is 0 Å². The molecule has 71 heavy (non-hydrogen) atoms. The Bertz CT molecular complexity index is 1370. The van der Waals surface area contributed by atoms with E-state index in [1.165, 1.54) is 128 Å². The molecule has 0 aliphatic heterocycles. The van der Waals surface area contributed by atoms with Crippen LogP contribution < -0.4 is 0 Å². The van der Waals surface area contributed by atoms with Crippen molar-refractivity contribution in [1.29, 1.82) is 0 Å². The van der Waals surface area contributed by atoms with E-state index < -0.39 is 6.10 Å². The van der Waals surface area contributed by atoms with Crippen LogP contribution in [-0.4, -0.2) is 37.2 Å². The maximum absolute atomic E-state index is 12.8. The first-order valence-electron chi connectivity index (χ1n) is 30.1. The van der Waals surface area contributed by atoms with Gasteiger partial charge < -0.3 is 14.2 Å². The highest BCUT2D eigenvalue weighted by molar-refractivity contribution is 5.71. The molecule has 1 atom stereocenters. The molecular weight excluding hydrogens is 877 g/mol. The lowest BCUT2D eigenvalue weighted by atomic mass is 10.0. The summed E-state index contributed by atoms with van der Waals surface area (Å²) in [6, 6.07) is 0. The molecule has 0 aliphatic carbocycles. The number of carbonyl (C=O) groups excluding carboxylic acids is 3. The van der Waals surface area contributed by atoms with Gasteiger partial charge in [0.25, 0.3) is 0 Å². The summed E-state index contributed by atoms with van der Waals surface area (Å²) < 4.78 is 16.8. The van der Waals surface area contributed by atoms with Crippen LogP contribution in [-0.2, 0) is 28.6 Å². The lowest BCUT2D eigenvalue weighted by Gasteiger charge is -2.18. The Hall–Kier alpha value is -3.41. The number of hydrogen-bond donors (Lipinski definition) is 0. The van der Waals surface area contributed by atoms with E-state index in [2.05, 4.69) is 106 Å². The van der Waals surface area contributed by atoms with Crippen LogP contribution in [0.15, 0.2) is 85.1 Å².